The maximum absolute atomic E-state index is 12.3. The summed E-state index contributed by atoms with van der Waals surface area (Å²) in [5.74, 6) is 1.21. The molecule has 7 heteroatoms. The Kier molecular flexibility index (Phi) is 5.46. The highest BCUT2D eigenvalue weighted by Gasteiger charge is 2.30. The molecule has 1 fully saturated rings. The van der Waals surface area contributed by atoms with Gasteiger partial charge in [0.05, 0.1) is 7.11 Å². The maximum atomic E-state index is 12.3. The molecule has 2 amide bonds. The molecule has 1 unspecified atom stereocenters. The van der Waals surface area contributed by atoms with Gasteiger partial charge in [0.1, 0.15) is 11.4 Å². The molecule has 2 aliphatic rings. The number of carbonyl (C=O) groups excluding carboxylic acids is 2. The second-order valence-corrected chi connectivity index (χ2v) is 8.66. The largest absolute Gasteiger partial charge is 0.497 e. The quantitative estimate of drug-likeness (QED) is 0.536. The van der Waals surface area contributed by atoms with Crippen molar-refractivity contribution in [1.82, 2.24) is 14.9 Å². The van der Waals surface area contributed by atoms with Gasteiger partial charge in [0.15, 0.2) is 0 Å². The van der Waals surface area contributed by atoms with E-state index in [1.807, 2.05) is 29.3 Å². The summed E-state index contributed by atoms with van der Waals surface area (Å²) in [6.07, 6.45) is 11.1. The van der Waals surface area contributed by atoms with Crippen LogP contribution in [0.2, 0.25) is 0 Å². The number of aromatic nitrogens is 2. The van der Waals surface area contributed by atoms with Crippen LogP contribution in [-0.4, -0.2) is 46.9 Å². The topological polar surface area (TPSA) is 87.3 Å². The fourth-order valence-electron chi connectivity index (χ4n) is 4.31. The van der Waals surface area contributed by atoms with E-state index in [4.69, 9.17) is 4.74 Å². The Morgan fingerprint density at radius 3 is 2.91 bits per heavy atom. The summed E-state index contributed by atoms with van der Waals surface area (Å²) in [6.45, 7) is 5.03. The van der Waals surface area contributed by atoms with Crippen molar-refractivity contribution in [3.63, 3.8) is 0 Å². The minimum atomic E-state index is -0.287. The number of pyridine rings is 1. The van der Waals surface area contributed by atoms with E-state index in [1.54, 1.807) is 25.4 Å². The van der Waals surface area contributed by atoms with Crippen molar-refractivity contribution in [1.29, 1.82) is 0 Å². The first-order chi connectivity index (χ1) is 16.0. The molecule has 7 nitrogen and oxygen atoms in total. The van der Waals surface area contributed by atoms with E-state index in [2.05, 4.69) is 27.9 Å². The summed E-state index contributed by atoms with van der Waals surface area (Å²) in [7, 11) is 1.59. The molecule has 3 aromatic rings. The van der Waals surface area contributed by atoms with Crippen LogP contribution in [0.1, 0.15) is 24.3 Å². The predicted molar refractivity (Wildman–Crippen MR) is 128 cm³/mol. The van der Waals surface area contributed by atoms with Gasteiger partial charge in [-0.15, -0.1) is 0 Å². The summed E-state index contributed by atoms with van der Waals surface area (Å²) in [5, 5.41) is 3.81. The van der Waals surface area contributed by atoms with Gasteiger partial charge in [-0.05, 0) is 60.2 Å². The number of ether oxygens (including phenoxy) is 1. The van der Waals surface area contributed by atoms with Gasteiger partial charge in [0.2, 0.25) is 11.8 Å². The Morgan fingerprint density at radius 2 is 2.15 bits per heavy atom. The molecule has 1 aliphatic carbocycles. The predicted octanol–water partition coefficient (Wildman–Crippen LogP) is 4.26. The third-order valence-electron chi connectivity index (χ3n) is 6.27. The van der Waals surface area contributed by atoms with Crippen LogP contribution in [0.3, 0.4) is 0 Å². The second-order valence-electron chi connectivity index (χ2n) is 8.66. The third-order valence-corrected chi connectivity index (χ3v) is 6.27. The monoisotopic (exact) mass is 442 g/mol. The molecule has 3 heterocycles. The number of fused-ring (bicyclic) bond motifs is 1. The summed E-state index contributed by atoms with van der Waals surface area (Å²) < 4.78 is 5.43. The van der Waals surface area contributed by atoms with Gasteiger partial charge in [-0.3, -0.25) is 9.59 Å². The fourth-order valence-corrected chi connectivity index (χ4v) is 4.31. The highest BCUT2D eigenvalue weighted by atomic mass is 16.5. The van der Waals surface area contributed by atoms with Gasteiger partial charge < -0.3 is 19.9 Å². The molecule has 0 radical (unpaired) electrons. The molecule has 5 rings (SSSR count). The molecular formula is C26H26N4O3. The zero-order valence-electron chi connectivity index (χ0n) is 18.5. The van der Waals surface area contributed by atoms with Crippen molar-refractivity contribution in [2.24, 2.45) is 5.92 Å². The van der Waals surface area contributed by atoms with Crippen LogP contribution >= 0.6 is 0 Å². The van der Waals surface area contributed by atoms with E-state index in [9.17, 15) is 9.59 Å². The smallest absolute Gasteiger partial charge is 0.247 e. The van der Waals surface area contributed by atoms with Gasteiger partial charge in [0, 0.05) is 54.1 Å². The minimum Gasteiger partial charge on any atom is -0.497 e. The Balaban J connectivity index is 1.49. The number of methoxy groups -OCH3 is 1. The number of rotatable bonds is 7. The number of anilines is 1. The molecule has 33 heavy (non-hydrogen) atoms. The summed E-state index contributed by atoms with van der Waals surface area (Å²) in [6, 6.07) is 7.65. The van der Waals surface area contributed by atoms with Gasteiger partial charge >= 0.3 is 0 Å². The van der Waals surface area contributed by atoms with Gasteiger partial charge in [-0.2, -0.15) is 0 Å². The lowest BCUT2D eigenvalue weighted by Crippen LogP contribution is -2.37. The van der Waals surface area contributed by atoms with Crippen LogP contribution in [0.5, 0.6) is 5.75 Å². The molecule has 1 aliphatic heterocycles. The van der Waals surface area contributed by atoms with Crippen molar-refractivity contribution in [3.8, 4) is 16.9 Å². The van der Waals surface area contributed by atoms with E-state index in [1.165, 1.54) is 18.9 Å². The average Bonchev–Trinajstić information content (AvgIpc) is 3.55. The number of benzene rings is 1. The molecule has 2 N–H and O–H groups in total. The van der Waals surface area contributed by atoms with E-state index >= 15 is 0 Å². The van der Waals surface area contributed by atoms with Crippen LogP contribution in [0, 0.1) is 5.92 Å². The van der Waals surface area contributed by atoms with E-state index < -0.39 is 0 Å². The van der Waals surface area contributed by atoms with Crippen molar-refractivity contribution < 1.29 is 14.3 Å². The summed E-state index contributed by atoms with van der Waals surface area (Å²) in [4.78, 5) is 34.0. The lowest BCUT2D eigenvalue weighted by Gasteiger charge is -2.29. The lowest BCUT2D eigenvalue weighted by atomic mass is 9.94. The Morgan fingerprint density at radius 1 is 1.30 bits per heavy atom. The molecule has 2 aromatic heterocycles. The molecule has 1 atom stereocenters. The zero-order chi connectivity index (χ0) is 22.9. The van der Waals surface area contributed by atoms with Crippen LogP contribution in [0.4, 0.5) is 5.69 Å². The molecule has 0 spiro atoms. The number of hydrogen-bond acceptors (Lipinski definition) is 4. The second kappa shape index (κ2) is 8.58. The number of hydrogen-bond donors (Lipinski definition) is 2. The molecular weight excluding hydrogens is 416 g/mol. The first-order valence-corrected chi connectivity index (χ1v) is 11.1. The summed E-state index contributed by atoms with van der Waals surface area (Å²) in [5.41, 5.74) is 4.32. The fraction of sp³-hybridized carbons (Fsp3) is 0.269. The van der Waals surface area contributed by atoms with E-state index in [0.29, 0.717) is 23.9 Å². The lowest BCUT2D eigenvalue weighted by molar-refractivity contribution is -0.127. The van der Waals surface area contributed by atoms with Crippen molar-refractivity contribution in [3.05, 3.63) is 67.0 Å². The number of aromatic amines is 1. The number of amides is 2. The third kappa shape index (κ3) is 4.39. The first kappa shape index (κ1) is 21.0. The van der Waals surface area contributed by atoms with E-state index in [-0.39, 0.29) is 17.7 Å². The molecule has 0 bridgehead atoms. The number of H-pyrrole nitrogens is 1. The number of carbonyl (C=O) groups is 2. The highest BCUT2D eigenvalue weighted by molar-refractivity contribution is 5.99. The maximum Gasteiger partial charge on any atom is 0.247 e. The van der Waals surface area contributed by atoms with Crippen molar-refractivity contribution in [2.75, 3.05) is 25.5 Å². The van der Waals surface area contributed by atoms with Crippen LogP contribution in [0.25, 0.3) is 22.2 Å². The Labute approximate surface area is 192 Å². The van der Waals surface area contributed by atoms with Crippen molar-refractivity contribution >= 4 is 28.5 Å². The Bertz CT molecular complexity index is 1270. The highest BCUT2D eigenvalue weighted by Crippen LogP contribution is 2.35. The van der Waals surface area contributed by atoms with E-state index in [0.717, 1.165) is 34.3 Å². The molecule has 1 saturated carbocycles. The van der Waals surface area contributed by atoms with Crippen LogP contribution in [0.15, 0.2) is 61.5 Å². The van der Waals surface area contributed by atoms with Gasteiger partial charge in [-0.1, -0.05) is 12.7 Å². The molecule has 1 aromatic carbocycles. The van der Waals surface area contributed by atoms with Crippen LogP contribution < -0.4 is 10.1 Å². The first-order valence-electron chi connectivity index (χ1n) is 11.1. The SMILES string of the molecule is C=CC(=O)Nc1cc(OC)cc(-c2cnc3[nH]cc(C4C=CC(=O)N(CC5CC5)C4)c3c2)c1. The van der Waals surface area contributed by atoms with Crippen molar-refractivity contribution in [2.45, 2.75) is 18.8 Å². The molecule has 0 saturated heterocycles. The average molecular weight is 443 g/mol. The normalized spacial score (nSPS) is 17.9. The minimum absolute atomic E-state index is 0.0993. The number of nitrogens with zero attached hydrogens (tertiary/aromatic N) is 2. The Hall–Kier alpha value is -3.87. The van der Waals surface area contributed by atoms with Crippen LogP contribution in [-0.2, 0) is 9.59 Å². The standard InChI is InChI=1S/C26H26N4O3/c1-3-24(31)29-20-8-18(9-21(11-20)33-2)19-10-22-23(13-28-26(22)27-12-19)17-6-7-25(32)30(15-17)14-16-4-5-16/h3,6-13,16-17H,1,4-5,14-15H2,2H3,(H,27,28)(H,29,31). The number of nitrogens with one attached hydrogen (secondary N) is 2. The van der Waals surface area contributed by atoms with Gasteiger partial charge in [-0.25, -0.2) is 4.98 Å². The van der Waals surface area contributed by atoms with Gasteiger partial charge in [0.25, 0.3) is 0 Å². The summed E-state index contributed by atoms with van der Waals surface area (Å²) >= 11 is 0. The molecule has 168 valence electrons. The zero-order valence-corrected chi connectivity index (χ0v) is 18.5.